The van der Waals surface area contributed by atoms with Gasteiger partial charge in [-0.15, -0.1) is 23.1 Å². The molecule has 0 radical (unpaired) electrons. The van der Waals surface area contributed by atoms with Crippen LogP contribution in [-0.4, -0.2) is 146 Å². The second-order valence-corrected chi connectivity index (χ2v) is 20.6. The number of anilines is 3. The highest BCUT2D eigenvalue weighted by atomic mass is 35.5. The number of benzene rings is 2. The number of halogens is 2. The topological polar surface area (TPSA) is 194 Å². The maximum absolute atomic E-state index is 15.2. The van der Waals surface area contributed by atoms with E-state index < -0.39 is 46.3 Å². The number of hydrogen-bond acceptors (Lipinski definition) is 14. The minimum Gasteiger partial charge on any atom is -0.495 e. The number of carbonyl (C=O) groups excluding carboxylic acids is 4. The molecule has 348 valence electrons. The third kappa shape index (κ3) is 11.3. The molecule has 2 saturated heterocycles. The minimum atomic E-state index is -2.04. The van der Waals surface area contributed by atoms with Crippen molar-refractivity contribution in [2.24, 2.45) is 0 Å². The zero-order valence-electron chi connectivity index (χ0n) is 37.3. The van der Waals surface area contributed by atoms with Crippen LogP contribution in [0.1, 0.15) is 61.6 Å². The van der Waals surface area contributed by atoms with Crippen LogP contribution in [0.4, 0.5) is 21.8 Å². The van der Waals surface area contributed by atoms with Gasteiger partial charge >= 0.3 is 0 Å². The molecule has 0 bridgehead atoms. The molecule has 3 aliphatic rings. The van der Waals surface area contributed by atoms with E-state index in [-0.39, 0.29) is 43.5 Å². The Morgan fingerprint density at radius 3 is 2.46 bits per heavy atom. The molecule has 4 heterocycles. The van der Waals surface area contributed by atoms with Crippen molar-refractivity contribution in [1.29, 1.82) is 0 Å². The van der Waals surface area contributed by atoms with E-state index >= 15 is 4.39 Å². The number of aromatic nitrogens is 3. The predicted octanol–water partition coefficient (Wildman–Crippen LogP) is 5.28. The van der Waals surface area contributed by atoms with Crippen LogP contribution in [0.5, 0.6) is 5.75 Å². The van der Waals surface area contributed by atoms with Crippen molar-refractivity contribution in [1.82, 2.24) is 40.3 Å². The zero-order chi connectivity index (χ0) is 46.6. The first-order valence-electron chi connectivity index (χ1n) is 21.6. The number of nitrogens with zero attached hydrogens (tertiary/aromatic N) is 6. The number of thioether (sulfide) groups is 1. The average molecular weight is 952 g/mol. The number of aliphatic hydroxyl groups excluding tert-OH is 1. The molecule has 2 aromatic carbocycles. The number of likely N-dealkylation sites (tertiary alicyclic amines) is 1. The molecule has 4 amide bonds. The third-order valence-corrected chi connectivity index (χ3v) is 14.6. The number of aryl methyl sites for hydroxylation is 1. The van der Waals surface area contributed by atoms with Gasteiger partial charge in [-0.3, -0.25) is 24.1 Å². The van der Waals surface area contributed by atoms with Gasteiger partial charge in [0.25, 0.3) is 11.8 Å². The summed E-state index contributed by atoms with van der Waals surface area (Å²) in [6, 6.07) is 10.8. The molecule has 7 rings (SSSR count). The number of alkyl halides is 1. The summed E-state index contributed by atoms with van der Waals surface area (Å²) in [5.74, 6) is -0.750. The van der Waals surface area contributed by atoms with Crippen LogP contribution in [0.3, 0.4) is 0 Å². The van der Waals surface area contributed by atoms with E-state index in [0.717, 1.165) is 21.7 Å². The van der Waals surface area contributed by atoms with Crippen LogP contribution in [-0.2, 0) is 20.9 Å². The maximum atomic E-state index is 15.2. The first-order chi connectivity index (χ1) is 31.0. The summed E-state index contributed by atoms with van der Waals surface area (Å²) < 4.78 is 19.8. The number of rotatable bonds is 17. The Bertz CT molecular complexity index is 2380. The number of β-amino-alcohol motifs (C(OH)–C–C–N with tert-alkyl or cyclic N) is 1. The summed E-state index contributed by atoms with van der Waals surface area (Å²) in [6.45, 7) is 10.6. The smallest absolute Gasteiger partial charge is 0.258 e. The Balaban J connectivity index is 0.952. The van der Waals surface area contributed by atoms with Gasteiger partial charge in [-0.25, -0.2) is 14.4 Å². The summed E-state index contributed by atoms with van der Waals surface area (Å²) >= 11 is 9.17. The van der Waals surface area contributed by atoms with Gasteiger partial charge in [0.2, 0.25) is 17.8 Å². The highest BCUT2D eigenvalue weighted by Crippen LogP contribution is 2.41. The largest absolute Gasteiger partial charge is 0.495 e. The van der Waals surface area contributed by atoms with Gasteiger partial charge in [0, 0.05) is 74.8 Å². The lowest BCUT2D eigenvalue weighted by Gasteiger charge is -2.40. The molecule has 3 fully saturated rings. The Morgan fingerprint density at radius 2 is 1.82 bits per heavy atom. The van der Waals surface area contributed by atoms with Crippen molar-refractivity contribution in [3.05, 3.63) is 76.0 Å². The van der Waals surface area contributed by atoms with Crippen molar-refractivity contribution >= 4 is 75.8 Å². The molecule has 1 aliphatic carbocycles. The fourth-order valence-electron chi connectivity index (χ4n) is 8.22. The number of amides is 4. The van der Waals surface area contributed by atoms with Crippen LogP contribution < -0.4 is 26.0 Å². The van der Waals surface area contributed by atoms with E-state index in [4.69, 9.17) is 16.3 Å². The molecular weight excluding hydrogens is 895 g/mol. The van der Waals surface area contributed by atoms with E-state index in [0.29, 0.717) is 66.5 Å². The number of carbonyl (C=O) groups is 4. The zero-order valence-corrected chi connectivity index (χ0v) is 39.7. The summed E-state index contributed by atoms with van der Waals surface area (Å²) in [4.78, 5) is 74.5. The van der Waals surface area contributed by atoms with E-state index in [1.54, 1.807) is 47.0 Å². The molecule has 4 atom stereocenters. The quantitative estimate of drug-likeness (QED) is 0.0920. The lowest BCUT2D eigenvalue weighted by atomic mass is 10.00. The Kier molecular flexibility index (Phi) is 14.9. The van der Waals surface area contributed by atoms with Gasteiger partial charge in [-0.1, -0.05) is 42.8 Å². The van der Waals surface area contributed by atoms with Crippen molar-refractivity contribution in [3.8, 4) is 16.2 Å². The molecule has 2 aliphatic heterocycles. The predicted molar refractivity (Wildman–Crippen MR) is 252 cm³/mol. The molecule has 65 heavy (non-hydrogen) atoms. The summed E-state index contributed by atoms with van der Waals surface area (Å²) in [5, 5.41) is 22.8. The van der Waals surface area contributed by atoms with Crippen LogP contribution in [0.25, 0.3) is 10.4 Å². The highest BCUT2D eigenvalue weighted by molar-refractivity contribution is 8.01. The molecular formula is C45H56ClFN10O6S2. The number of aliphatic hydroxyl groups is 1. The molecule has 1 saturated carbocycles. The minimum absolute atomic E-state index is 0.0288. The fourth-order valence-corrected chi connectivity index (χ4v) is 10.8. The monoisotopic (exact) mass is 950 g/mol. The van der Waals surface area contributed by atoms with Crippen molar-refractivity contribution < 1.29 is 33.4 Å². The van der Waals surface area contributed by atoms with E-state index in [9.17, 15) is 24.3 Å². The first-order valence-corrected chi connectivity index (χ1v) is 23.7. The molecule has 4 aromatic rings. The SMILES string of the molecule is CNc1nc(Nc2ccc(C(=O)N3CCN(CC(C)SC(C)(C)C(NC(=O)C4(F)CC4)C(=O)N4C[C@H](O)C[C@H]4C(=O)NCc4ccc(-c5scnc5C)cc4)CC3)cc2OC)ncc1Cl. The van der Waals surface area contributed by atoms with Gasteiger partial charge in [0.05, 0.1) is 41.2 Å². The van der Waals surface area contributed by atoms with Gasteiger partial charge in [-0.05, 0) is 62.9 Å². The number of piperazine rings is 1. The summed E-state index contributed by atoms with van der Waals surface area (Å²) in [6.07, 6.45) is 0.705. The fraction of sp³-hybridized carbons (Fsp3) is 0.489. The summed E-state index contributed by atoms with van der Waals surface area (Å²) in [7, 11) is 3.23. The second kappa shape index (κ2) is 20.2. The van der Waals surface area contributed by atoms with E-state index in [1.165, 1.54) is 30.0 Å². The third-order valence-electron chi connectivity index (χ3n) is 12.0. The molecule has 16 nitrogen and oxygen atoms in total. The second-order valence-electron chi connectivity index (χ2n) is 17.3. The number of ether oxygens (including phenoxy) is 1. The van der Waals surface area contributed by atoms with Crippen molar-refractivity contribution in [2.45, 2.75) is 87.4 Å². The summed E-state index contributed by atoms with van der Waals surface area (Å²) in [5.41, 5.74) is 3.64. The maximum Gasteiger partial charge on any atom is 0.258 e. The van der Waals surface area contributed by atoms with Crippen LogP contribution >= 0.6 is 34.7 Å². The number of methoxy groups -OCH3 is 1. The molecule has 20 heteroatoms. The number of nitrogens with one attached hydrogen (secondary N) is 4. The van der Waals surface area contributed by atoms with Gasteiger partial charge < -0.3 is 40.9 Å². The Hall–Kier alpha value is -5.08. The Labute approximate surface area is 391 Å². The highest BCUT2D eigenvalue weighted by Gasteiger charge is 2.54. The lowest BCUT2D eigenvalue weighted by Crippen LogP contribution is -2.61. The molecule has 5 N–H and O–H groups in total. The molecule has 0 spiro atoms. The van der Waals surface area contributed by atoms with Crippen LogP contribution in [0.15, 0.2) is 54.2 Å². The standard InChI is InChI=1S/C45H56ClFN10O6S2/c1-26(23-55-15-17-56(18-16-55)40(60)30-11-12-33(35(19-30)63-6)52-43-50-22-32(46)38(48-5)54-43)65-44(3,4)37(53-42(62)45(47)13-14-45)41(61)57-24-31(58)20-34(57)39(59)49-21-28-7-9-29(10-8-28)36-27(2)51-25-64-36/h7-12,19,22,25-26,31,34,37,58H,13-18,20-21,23-24H2,1-6H3,(H,49,59)(H,53,62)(H2,48,50,52,54)/t26?,31-,34+,37?/m1/s1. The first kappa shape index (κ1) is 47.9. The van der Waals surface area contributed by atoms with Gasteiger partial charge in [-0.2, -0.15) is 4.98 Å². The molecule has 2 aromatic heterocycles. The lowest BCUT2D eigenvalue weighted by molar-refractivity contribution is -0.143. The van der Waals surface area contributed by atoms with Crippen LogP contribution in [0, 0.1) is 6.92 Å². The number of hydrogen-bond donors (Lipinski definition) is 5. The van der Waals surface area contributed by atoms with Crippen LogP contribution in [0.2, 0.25) is 5.02 Å². The molecule has 2 unspecified atom stereocenters. The Morgan fingerprint density at radius 1 is 1.09 bits per heavy atom. The van der Waals surface area contributed by atoms with E-state index in [2.05, 4.69) is 41.1 Å². The van der Waals surface area contributed by atoms with Crippen molar-refractivity contribution in [3.63, 3.8) is 0 Å². The van der Waals surface area contributed by atoms with Gasteiger partial charge in [0.15, 0.2) is 5.67 Å². The van der Waals surface area contributed by atoms with Gasteiger partial charge in [0.1, 0.15) is 28.7 Å². The number of thiazole rings is 1. The van der Waals surface area contributed by atoms with E-state index in [1.807, 2.05) is 52.0 Å². The normalized spacial score (nSPS) is 19.3. The average Bonchev–Trinajstić information content (AvgIpc) is 3.70. The van der Waals surface area contributed by atoms with Crippen molar-refractivity contribution in [2.75, 3.05) is 64.1 Å².